The molecule has 0 unspecified atom stereocenters. The van der Waals surface area contributed by atoms with Gasteiger partial charge in [0.15, 0.2) is 18.1 Å². The van der Waals surface area contributed by atoms with E-state index in [9.17, 15) is 14.4 Å². The molecule has 3 amide bonds. The predicted octanol–water partition coefficient (Wildman–Crippen LogP) is 6.98. The van der Waals surface area contributed by atoms with Crippen LogP contribution < -0.4 is 19.5 Å². The summed E-state index contributed by atoms with van der Waals surface area (Å²) in [5.41, 5.74) is 1.34. The lowest BCUT2D eigenvalue weighted by atomic mass is 10.1. The van der Waals surface area contributed by atoms with Crippen LogP contribution in [0.1, 0.15) is 12.5 Å². The highest BCUT2D eigenvalue weighted by Gasteiger charge is 2.35. The van der Waals surface area contributed by atoms with E-state index in [2.05, 4.69) is 27.9 Å². The molecule has 214 valence electrons. The third-order valence-electron chi connectivity index (χ3n) is 6.23. The standard InChI is InChI=1S/C32H27IN2O6S/c1-2-39-27-18-21(17-25(33)30(27)41-20-29(36)34-23-11-4-3-5-12-23)19-28-31(37)35(32(38)42-28)15-16-40-26-14-8-10-22-9-6-7-13-24(22)26/h3-14,17-19H,2,15-16,20H2,1H3,(H,34,36)/b28-19-. The maximum absolute atomic E-state index is 13.1. The smallest absolute Gasteiger partial charge is 0.293 e. The molecular weight excluding hydrogens is 667 g/mol. The van der Waals surface area contributed by atoms with Gasteiger partial charge >= 0.3 is 0 Å². The zero-order valence-electron chi connectivity index (χ0n) is 22.7. The van der Waals surface area contributed by atoms with Crippen LogP contribution in [0.25, 0.3) is 16.8 Å². The molecule has 4 aromatic carbocycles. The fourth-order valence-corrected chi connectivity index (χ4v) is 5.99. The molecule has 1 N–H and O–H groups in total. The van der Waals surface area contributed by atoms with E-state index in [4.69, 9.17) is 14.2 Å². The zero-order valence-corrected chi connectivity index (χ0v) is 25.6. The molecule has 4 aromatic rings. The number of carbonyl (C=O) groups is 3. The topological polar surface area (TPSA) is 94.2 Å². The number of hydrogen-bond acceptors (Lipinski definition) is 7. The van der Waals surface area contributed by atoms with Crippen LogP contribution in [-0.4, -0.2) is 48.3 Å². The molecule has 0 aromatic heterocycles. The van der Waals surface area contributed by atoms with Crippen molar-refractivity contribution in [2.75, 3.05) is 31.7 Å². The summed E-state index contributed by atoms with van der Waals surface area (Å²) in [4.78, 5) is 39.7. The Labute approximate surface area is 261 Å². The maximum Gasteiger partial charge on any atom is 0.293 e. The number of rotatable bonds is 11. The van der Waals surface area contributed by atoms with E-state index >= 15 is 0 Å². The van der Waals surface area contributed by atoms with Gasteiger partial charge in [-0.3, -0.25) is 19.3 Å². The van der Waals surface area contributed by atoms with Crippen molar-refractivity contribution in [3.8, 4) is 17.2 Å². The molecule has 0 aliphatic carbocycles. The summed E-state index contributed by atoms with van der Waals surface area (Å²) in [6.07, 6.45) is 1.66. The van der Waals surface area contributed by atoms with Crippen molar-refractivity contribution in [1.29, 1.82) is 0 Å². The number of imide groups is 1. The highest BCUT2D eigenvalue weighted by Crippen LogP contribution is 2.37. The lowest BCUT2D eigenvalue weighted by Crippen LogP contribution is -2.32. The summed E-state index contributed by atoms with van der Waals surface area (Å²) < 4.78 is 18.3. The molecule has 10 heteroatoms. The molecule has 0 spiro atoms. The monoisotopic (exact) mass is 694 g/mol. The second-order valence-electron chi connectivity index (χ2n) is 9.12. The number of ether oxygens (including phenoxy) is 3. The Morgan fingerprint density at radius 3 is 2.50 bits per heavy atom. The molecule has 1 fully saturated rings. The normalized spacial score (nSPS) is 14.0. The van der Waals surface area contributed by atoms with E-state index in [0.717, 1.165) is 22.5 Å². The van der Waals surface area contributed by atoms with Crippen LogP contribution in [0, 0.1) is 3.57 Å². The molecular formula is C32H27IN2O6S. The molecule has 1 saturated heterocycles. The quantitative estimate of drug-likeness (QED) is 0.134. The molecule has 42 heavy (non-hydrogen) atoms. The average Bonchev–Trinajstić information content (AvgIpc) is 3.24. The Bertz CT molecular complexity index is 1650. The number of halogens is 1. The lowest BCUT2D eigenvalue weighted by molar-refractivity contribution is -0.123. The molecule has 8 nitrogen and oxygen atoms in total. The number of amides is 3. The minimum atomic E-state index is -0.377. The van der Waals surface area contributed by atoms with E-state index in [0.29, 0.717) is 43.6 Å². The second kappa shape index (κ2) is 13.8. The van der Waals surface area contributed by atoms with Crippen LogP contribution in [0.3, 0.4) is 0 Å². The number of nitrogens with zero attached hydrogens (tertiary/aromatic N) is 1. The van der Waals surface area contributed by atoms with Gasteiger partial charge in [-0.15, -0.1) is 0 Å². The SMILES string of the molecule is CCOc1cc(/C=C2\SC(=O)N(CCOc3cccc4ccccc34)C2=O)cc(I)c1OCC(=O)Nc1ccccc1. The van der Waals surface area contributed by atoms with Crippen molar-refractivity contribution in [1.82, 2.24) is 4.90 Å². The van der Waals surface area contributed by atoms with E-state index in [1.54, 1.807) is 24.3 Å². The molecule has 0 radical (unpaired) electrons. The van der Waals surface area contributed by atoms with Crippen molar-refractivity contribution in [2.45, 2.75) is 6.92 Å². The molecule has 0 bridgehead atoms. The van der Waals surface area contributed by atoms with Crippen molar-refractivity contribution < 1.29 is 28.6 Å². The van der Waals surface area contributed by atoms with Crippen molar-refractivity contribution in [2.24, 2.45) is 0 Å². The van der Waals surface area contributed by atoms with Gasteiger partial charge < -0.3 is 19.5 Å². The van der Waals surface area contributed by atoms with Gasteiger partial charge in [-0.2, -0.15) is 0 Å². The van der Waals surface area contributed by atoms with E-state index < -0.39 is 0 Å². The van der Waals surface area contributed by atoms with Crippen LogP contribution >= 0.6 is 34.4 Å². The molecule has 0 saturated carbocycles. The van der Waals surface area contributed by atoms with Gasteiger partial charge in [0.1, 0.15) is 12.4 Å². The van der Waals surface area contributed by atoms with Crippen LogP contribution in [0.15, 0.2) is 89.8 Å². The number of carbonyl (C=O) groups excluding carboxylic acids is 3. The number of thioether (sulfide) groups is 1. The number of hydrogen-bond donors (Lipinski definition) is 1. The summed E-state index contributed by atoms with van der Waals surface area (Å²) in [6.45, 7) is 2.32. The Hall–Kier alpha value is -4.03. The predicted molar refractivity (Wildman–Crippen MR) is 173 cm³/mol. The lowest BCUT2D eigenvalue weighted by Gasteiger charge is -2.15. The van der Waals surface area contributed by atoms with Crippen LogP contribution in [0.4, 0.5) is 10.5 Å². The van der Waals surface area contributed by atoms with E-state index in [-0.39, 0.29) is 36.8 Å². The van der Waals surface area contributed by atoms with Crippen molar-refractivity contribution >= 4 is 73.9 Å². The third kappa shape index (κ3) is 7.05. The van der Waals surface area contributed by atoms with Crippen LogP contribution in [0.2, 0.25) is 0 Å². The summed E-state index contributed by atoms with van der Waals surface area (Å²) in [5, 5.41) is 4.46. The molecule has 1 heterocycles. The summed E-state index contributed by atoms with van der Waals surface area (Å²) >= 11 is 2.99. The van der Waals surface area contributed by atoms with Gasteiger partial charge in [0.25, 0.3) is 17.1 Å². The van der Waals surface area contributed by atoms with Crippen molar-refractivity contribution in [3.63, 3.8) is 0 Å². The van der Waals surface area contributed by atoms with Gasteiger partial charge in [-0.1, -0.05) is 54.6 Å². The number of nitrogens with one attached hydrogen (secondary N) is 1. The number of fused-ring (bicyclic) bond motifs is 1. The molecule has 1 aliphatic heterocycles. The highest BCUT2D eigenvalue weighted by molar-refractivity contribution is 14.1. The van der Waals surface area contributed by atoms with Gasteiger partial charge in [0.05, 0.1) is 21.6 Å². The minimum Gasteiger partial charge on any atom is -0.491 e. The first-order valence-corrected chi connectivity index (χ1v) is 15.1. The molecule has 0 atom stereocenters. The number of benzene rings is 4. The second-order valence-corrected chi connectivity index (χ2v) is 11.3. The Morgan fingerprint density at radius 2 is 1.69 bits per heavy atom. The summed E-state index contributed by atoms with van der Waals surface area (Å²) in [6, 6.07) is 26.3. The molecule has 5 rings (SSSR count). The van der Waals surface area contributed by atoms with Crippen LogP contribution in [0.5, 0.6) is 17.2 Å². The summed E-state index contributed by atoms with van der Waals surface area (Å²) in [7, 11) is 0. The first-order chi connectivity index (χ1) is 20.4. The minimum absolute atomic E-state index is 0.130. The number of para-hydroxylation sites is 1. The molecule has 1 aliphatic rings. The van der Waals surface area contributed by atoms with E-state index in [1.165, 1.54) is 4.90 Å². The summed E-state index contributed by atoms with van der Waals surface area (Å²) in [5.74, 6) is 0.884. The fourth-order valence-electron chi connectivity index (χ4n) is 4.34. The maximum atomic E-state index is 13.1. The Morgan fingerprint density at radius 1 is 0.929 bits per heavy atom. The van der Waals surface area contributed by atoms with Gasteiger partial charge in [-0.05, 0) is 88.6 Å². The highest BCUT2D eigenvalue weighted by atomic mass is 127. The fraction of sp³-hybridized carbons (Fsp3) is 0.156. The van der Waals surface area contributed by atoms with Gasteiger partial charge in [0, 0.05) is 11.1 Å². The number of anilines is 1. The average molecular weight is 695 g/mol. The van der Waals surface area contributed by atoms with Gasteiger partial charge in [0.2, 0.25) is 0 Å². The Balaban J connectivity index is 1.24. The Kier molecular flexibility index (Phi) is 9.65. The first kappa shape index (κ1) is 29.5. The van der Waals surface area contributed by atoms with E-state index in [1.807, 2.05) is 73.7 Å². The largest absolute Gasteiger partial charge is 0.491 e. The first-order valence-electron chi connectivity index (χ1n) is 13.2. The van der Waals surface area contributed by atoms with Gasteiger partial charge in [-0.25, -0.2) is 0 Å². The zero-order chi connectivity index (χ0) is 29.5. The third-order valence-corrected chi connectivity index (χ3v) is 7.94. The van der Waals surface area contributed by atoms with Crippen molar-refractivity contribution in [3.05, 3.63) is 99.0 Å². The van der Waals surface area contributed by atoms with Crippen LogP contribution in [-0.2, 0) is 9.59 Å².